The molecule has 0 aromatic heterocycles. The van der Waals surface area contributed by atoms with Crippen molar-refractivity contribution in [2.75, 3.05) is 13.1 Å². The Hall–Kier alpha value is -1.57. The molecular weight excluding hydrogens is 244 g/mol. The topological polar surface area (TPSA) is 81.4 Å². The molecule has 0 aromatic carbocycles. The van der Waals surface area contributed by atoms with Crippen LogP contribution >= 0.6 is 0 Å². The molecule has 0 spiro atoms. The summed E-state index contributed by atoms with van der Waals surface area (Å²) < 4.78 is 0. The number of carboxylic acid groups (broad SMARTS) is 1. The van der Waals surface area contributed by atoms with Crippen molar-refractivity contribution < 1.29 is 14.7 Å². The summed E-state index contributed by atoms with van der Waals surface area (Å²) in [6.45, 7) is 1.19. The molecule has 5 heteroatoms. The highest BCUT2D eigenvalue weighted by Gasteiger charge is 2.44. The lowest BCUT2D eigenvalue weighted by molar-refractivity contribution is -0.141. The monoisotopic (exact) mass is 264 g/mol. The van der Waals surface area contributed by atoms with E-state index in [1.807, 2.05) is 0 Å². The van der Waals surface area contributed by atoms with Gasteiger partial charge < -0.3 is 10.0 Å². The fourth-order valence-corrected chi connectivity index (χ4v) is 3.24. The lowest BCUT2D eigenvalue weighted by atomic mass is 9.84. The maximum atomic E-state index is 12.5. The molecule has 1 N–H and O–H groups in total. The maximum absolute atomic E-state index is 12.5. The normalized spacial score (nSPS) is 23.0. The van der Waals surface area contributed by atoms with Gasteiger partial charge in [0.1, 0.15) is 5.41 Å². The first kappa shape index (κ1) is 13.9. The molecule has 2 aliphatic rings. The van der Waals surface area contributed by atoms with Gasteiger partial charge in [-0.15, -0.1) is 0 Å². The first-order valence-corrected chi connectivity index (χ1v) is 7.00. The van der Waals surface area contributed by atoms with Gasteiger partial charge in [0.05, 0.1) is 6.07 Å². The van der Waals surface area contributed by atoms with Crippen LogP contribution in [0.2, 0.25) is 0 Å². The molecule has 104 valence electrons. The summed E-state index contributed by atoms with van der Waals surface area (Å²) in [5.41, 5.74) is -0.792. The summed E-state index contributed by atoms with van der Waals surface area (Å²) in [5.74, 6) is -0.626. The molecule has 0 aromatic rings. The Labute approximate surface area is 113 Å². The van der Waals surface area contributed by atoms with Crippen molar-refractivity contribution in [1.29, 1.82) is 5.26 Å². The third kappa shape index (κ3) is 2.89. The van der Waals surface area contributed by atoms with E-state index < -0.39 is 11.4 Å². The van der Waals surface area contributed by atoms with Crippen molar-refractivity contribution in [3.8, 4) is 6.07 Å². The molecule has 5 nitrogen and oxygen atoms in total. The highest BCUT2D eigenvalue weighted by molar-refractivity contribution is 5.86. The number of aliphatic carboxylic acids is 1. The minimum Gasteiger partial charge on any atom is -0.481 e. The van der Waals surface area contributed by atoms with Gasteiger partial charge in [0, 0.05) is 19.5 Å². The maximum Gasteiger partial charge on any atom is 0.303 e. The number of hydrogen-bond donors (Lipinski definition) is 1. The Morgan fingerprint density at radius 2 is 1.84 bits per heavy atom. The van der Waals surface area contributed by atoms with Crippen LogP contribution in [0.1, 0.15) is 44.9 Å². The second-order valence-corrected chi connectivity index (χ2v) is 5.73. The molecule has 0 bridgehead atoms. The number of carbonyl (C=O) groups is 2. The van der Waals surface area contributed by atoms with E-state index in [-0.39, 0.29) is 18.2 Å². The molecule has 19 heavy (non-hydrogen) atoms. The molecule has 1 saturated carbocycles. The van der Waals surface area contributed by atoms with Gasteiger partial charge >= 0.3 is 5.97 Å². The van der Waals surface area contributed by atoms with Crippen LogP contribution in [-0.4, -0.2) is 35.0 Å². The minimum absolute atomic E-state index is 0.0266. The van der Waals surface area contributed by atoms with Crippen LogP contribution in [0.15, 0.2) is 0 Å². The molecule has 1 aliphatic carbocycles. The number of rotatable bonds is 3. The van der Waals surface area contributed by atoms with E-state index in [1.165, 1.54) is 0 Å². The van der Waals surface area contributed by atoms with Crippen molar-refractivity contribution in [2.45, 2.75) is 44.9 Å². The number of carbonyl (C=O) groups excluding carboxylic acids is 1. The van der Waals surface area contributed by atoms with E-state index in [2.05, 4.69) is 6.07 Å². The zero-order chi connectivity index (χ0) is 13.9. The molecule has 2 rings (SSSR count). The zero-order valence-corrected chi connectivity index (χ0v) is 11.1. The van der Waals surface area contributed by atoms with E-state index in [9.17, 15) is 14.9 Å². The fraction of sp³-hybridized carbons (Fsp3) is 0.786. The zero-order valence-electron chi connectivity index (χ0n) is 11.1. The number of carboxylic acids is 1. The van der Waals surface area contributed by atoms with Crippen LogP contribution in [0.5, 0.6) is 0 Å². The van der Waals surface area contributed by atoms with E-state index in [1.54, 1.807) is 4.90 Å². The Morgan fingerprint density at radius 3 is 2.32 bits per heavy atom. The van der Waals surface area contributed by atoms with Gasteiger partial charge in [0.2, 0.25) is 5.91 Å². The summed E-state index contributed by atoms with van der Waals surface area (Å²) in [7, 11) is 0. The van der Waals surface area contributed by atoms with Gasteiger partial charge in [0.15, 0.2) is 0 Å². The summed E-state index contributed by atoms with van der Waals surface area (Å²) in [5, 5.41) is 18.1. The lowest BCUT2D eigenvalue weighted by Crippen LogP contribution is -2.46. The van der Waals surface area contributed by atoms with Crippen LogP contribution in [0.3, 0.4) is 0 Å². The highest BCUT2D eigenvalue weighted by atomic mass is 16.4. The number of nitriles is 1. The van der Waals surface area contributed by atoms with Crippen LogP contribution < -0.4 is 0 Å². The molecule has 0 radical (unpaired) electrons. The molecule has 0 unspecified atom stereocenters. The second-order valence-electron chi connectivity index (χ2n) is 5.73. The van der Waals surface area contributed by atoms with Crippen molar-refractivity contribution in [3.05, 3.63) is 0 Å². The summed E-state index contributed by atoms with van der Waals surface area (Å²) in [6, 6.07) is 2.23. The Kier molecular flexibility index (Phi) is 4.08. The van der Waals surface area contributed by atoms with Crippen molar-refractivity contribution in [2.24, 2.45) is 11.3 Å². The van der Waals surface area contributed by atoms with Crippen molar-refractivity contribution >= 4 is 11.9 Å². The van der Waals surface area contributed by atoms with Crippen LogP contribution in [0, 0.1) is 22.7 Å². The van der Waals surface area contributed by atoms with Gasteiger partial charge in [0.25, 0.3) is 0 Å². The molecular formula is C14H20N2O3. The van der Waals surface area contributed by atoms with Gasteiger partial charge in [-0.2, -0.15) is 5.26 Å². The first-order valence-electron chi connectivity index (χ1n) is 7.00. The number of nitrogens with zero attached hydrogens (tertiary/aromatic N) is 2. The third-order valence-corrected chi connectivity index (χ3v) is 4.45. The molecule has 1 saturated heterocycles. The SMILES string of the molecule is N#CC1(C(=O)N2CCC(CC(=O)O)CC2)CCCC1. The van der Waals surface area contributed by atoms with Gasteiger partial charge in [-0.05, 0) is 31.6 Å². The Bertz CT molecular complexity index is 399. The predicted octanol–water partition coefficient (Wildman–Crippen LogP) is 1.78. The van der Waals surface area contributed by atoms with Crippen LogP contribution in [0.4, 0.5) is 0 Å². The Balaban J connectivity index is 1.92. The van der Waals surface area contributed by atoms with E-state index in [0.29, 0.717) is 25.9 Å². The fourth-order valence-electron chi connectivity index (χ4n) is 3.24. The second kappa shape index (κ2) is 5.60. The molecule has 0 atom stereocenters. The van der Waals surface area contributed by atoms with Gasteiger partial charge in [-0.25, -0.2) is 0 Å². The standard InChI is InChI=1S/C14H20N2O3/c15-10-14(5-1-2-6-14)13(19)16-7-3-11(4-8-16)9-12(17)18/h11H,1-9H2,(H,17,18). The molecule has 1 heterocycles. The van der Waals surface area contributed by atoms with E-state index in [0.717, 1.165) is 25.7 Å². The predicted molar refractivity (Wildman–Crippen MR) is 68.1 cm³/mol. The third-order valence-electron chi connectivity index (χ3n) is 4.45. The van der Waals surface area contributed by atoms with Gasteiger partial charge in [-0.1, -0.05) is 12.8 Å². The number of amides is 1. The summed E-state index contributed by atoms with van der Waals surface area (Å²) >= 11 is 0. The smallest absolute Gasteiger partial charge is 0.303 e. The number of likely N-dealkylation sites (tertiary alicyclic amines) is 1. The van der Waals surface area contributed by atoms with Crippen LogP contribution in [0.25, 0.3) is 0 Å². The molecule has 2 fully saturated rings. The first-order chi connectivity index (χ1) is 9.07. The largest absolute Gasteiger partial charge is 0.481 e. The summed E-state index contributed by atoms with van der Waals surface area (Å²) in [6.07, 6.45) is 4.92. The average molecular weight is 264 g/mol. The average Bonchev–Trinajstić information content (AvgIpc) is 2.88. The van der Waals surface area contributed by atoms with Gasteiger partial charge in [-0.3, -0.25) is 9.59 Å². The molecule has 1 aliphatic heterocycles. The van der Waals surface area contributed by atoms with Crippen LogP contribution in [-0.2, 0) is 9.59 Å². The van der Waals surface area contributed by atoms with Crippen molar-refractivity contribution in [3.63, 3.8) is 0 Å². The quantitative estimate of drug-likeness (QED) is 0.842. The molecule has 1 amide bonds. The van der Waals surface area contributed by atoms with E-state index >= 15 is 0 Å². The highest BCUT2D eigenvalue weighted by Crippen LogP contribution is 2.39. The number of piperidine rings is 1. The minimum atomic E-state index is -0.792. The Morgan fingerprint density at radius 1 is 1.26 bits per heavy atom. The lowest BCUT2D eigenvalue weighted by Gasteiger charge is -2.35. The van der Waals surface area contributed by atoms with Crippen molar-refractivity contribution in [1.82, 2.24) is 4.90 Å². The van der Waals surface area contributed by atoms with E-state index in [4.69, 9.17) is 5.11 Å². The number of hydrogen-bond acceptors (Lipinski definition) is 3. The summed E-state index contributed by atoms with van der Waals surface area (Å²) in [4.78, 5) is 24.9.